The van der Waals surface area contributed by atoms with Gasteiger partial charge in [0.15, 0.2) is 11.5 Å². The van der Waals surface area contributed by atoms with Crippen molar-refractivity contribution in [2.24, 2.45) is 0 Å². The van der Waals surface area contributed by atoms with E-state index in [4.69, 9.17) is 14.2 Å². The molecule has 7 nitrogen and oxygen atoms in total. The van der Waals surface area contributed by atoms with Crippen molar-refractivity contribution in [3.8, 4) is 11.5 Å². The summed E-state index contributed by atoms with van der Waals surface area (Å²) >= 11 is 1.09. The molecule has 0 saturated carbocycles. The number of cyclic esters (lactones) is 1. The second-order valence-electron chi connectivity index (χ2n) is 7.59. The van der Waals surface area contributed by atoms with E-state index in [0.717, 1.165) is 22.8 Å². The lowest BCUT2D eigenvalue weighted by Gasteiger charge is -2.25. The quantitative estimate of drug-likeness (QED) is 0.479. The Labute approximate surface area is 186 Å². The van der Waals surface area contributed by atoms with Crippen LogP contribution in [0.1, 0.15) is 16.7 Å². The summed E-state index contributed by atoms with van der Waals surface area (Å²) in [6.07, 6.45) is 0.320. The zero-order valence-corrected chi connectivity index (χ0v) is 17.5. The van der Waals surface area contributed by atoms with Crippen LogP contribution < -0.4 is 9.47 Å². The van der Waals surface area contributed by atoms with Gasteiger partial charge in [0.2, 0.25) is 6.79 Å². The Bertz CT molecular complexity index is 1400. The van der Waals surface area contributed by atoms with E-state index >= 15 is 0 Å². The summed E-state index contributed by atoms with van der Waals surface area (Å²) in [5.41, 5.74) is 4.07. The first-order chi connectivity index (χ1) is 15.6. The van der Waals surface area contributed by atoms with Crippen LogP contribution in [0, 0.1) is 0 Å². The molecule has 4 aromatic rings. The number of ether oxygens (including phenoxy) is 3. The lowest BCUT2D eigenvalue weighted by molar-refractivity contribution is -0.185. The molecule has 0 radical (unpaired) electrons. The average molecular weight is 444 g/mol. The van der Waals surface area contributed by atoms with Gasteiger partial charge >= 0.3 is 5.97 Å². The predicted molar refractivity (Wildman–Crippen MR) is 117 cm³/mol. The van der Waals surface area contributed by atoms with Gasteiger partial charge in [-0.05, 0) is 41.5 Å². The summed E-state index contributed by atoms with van der Waals surface area (Å²) in [6, 6.07) is 20.1. The molecule has 0 fully saturated rings. The number of carbonyl (C=O) groups excluding carboxylic acids is 1. The Kier molecular flexibility index (Phi) is 4.24. The number of rotatable bonds is 4. The Morgan fingerprint density at radius 2 is 1.75 bits per heavy atom. The molecule has 3 aromatic carbocycles. The highest BCUT2D eigenvalue weighted by Crippen LogP contribution is 2.46. The minimum Gasteiger partial charge on any atom is -0.454 e. The van der Waals surface area contributed by atoms with Gasteiger partial charge < -0.3 is 19.3 Å². The van der Waals surface area contributed by atoms with Crippen molar-refractivity contribution in [2.45, 2.75) is 12.2 Å². The lowest BCUT2D eigenvalue weighted by Crippen LogP contribution is -2.29. The maximum Gasteiger partial charge on any atom is 0.342 e. The second kappa shape index (κ2) is 7.15. The maximum absolute atomic E-state index is 13.1. The van der Waals surface area contributed by atoms with Gasteiger partial charge in [-0.3, -0.25) is 0 Å². The molecule has 0 bridgehead atoms. The highest BCUT2D eigenvalue weighted by molar-refractivity contribution is 7.00. The summed E-state index contributed by atoms with van der Waals surface area (Å²) in [5, 5.41) is 11.8. The van der Waals surface area contributed by atoms with Gasteiger partial charge in [0.1, 0.15) is 11.0 Å². The summed E-state index contributed by atoms with van der Waals surface area (Å²) in [6.45, 7) is 0.130. The van der Waals surface area contributed by atoms with Crippen LogP contribution >= 0.6 is 11.7 Å². The summed E-state index contributed by atoms with van der Waals surface area (Å²) in [7, 11) is 0. The number of esters is 1. The molecule has 2 aliphatic rings. The third-order valence-corrected chi connectivity index (χ3v) is 6.24. The van der Waals surface area contributed by atoms with Gasteiger partial charge in [0.05, 0.1) is 17.3 Å². The van der Waals surface area contributed by atoms with Crippen LogP contribution in [-0.4, -0.2) is 26.6 Å². The molecular weight excluding hydrogens is 428 g/mol. The second-order valence-corrected chi connectivity index (χ2v) is 8.11. The fourth-order valence-corrected chi connectivity index (χ4v) is 4.64. The molecule has 0 amide bonds. The third kappa shape index (κ3) is 2.96. The van der Waals surface area contributed by atoms with Crippen LogP contribution in [0.15, 0.2) is 72.3 Å². The highest BCUT2D eigenvalue weighted by Gasteiger charge is 2.48. The normalized spacial score (nSPS) is 19.6. The fourth-order valence-electron chi connectivity index (χ4n) is 4.12. The minimum atomic E-state index is -1.93. The van der Waals surface area contributed by atoms with Crippen molar-refractivity contribution >= 4 is 34.3 Å². The van der Waals surface area contributed by atoms with Crippen molar-refractivity contribution in [1.29, 1.82) is 0 Å². The zero-order chi connectivity index (χ0) is 21.7. The van der Waals surface area contributed by atoms with Crippen molar-refractivity contribution in [3.05, 3.63) is 89.0 Å². The van der Waals surface area contributed by atoms with E-state index in [0.29, 0.717) is 45.7 Å². The molecule has 158 valence electrons. The summed E-state index contributed by atoms with van der Waals surface area (Å²) in [5.74, 6) is -1.38. The van der Waals surface area contributed by atoms with Gasteiger partial charge in [0, 0.05) is 17.6 Å². The zero-order valence-electron chi connectivity index (χ0n) is 16.6. The Morgan fingerprint density at radius 1 is 0.938 bits per heavy atom. The monoisotopic (exact) mass is 444 g/mol. The molecule has 0 aliphatic carbocycles. The first-order valence-corrected chi connectivity index (χ1v) is 10.7. The van der Waals surface area contributed by atoms with Gasteiger partial charge in [-0.15, -0.1) is 0 Å². The number of carbonyl (C=O) groups is 1. The van der Waals surface area contributed by atoms with E-state index in [-0.39, 0.29) is 6.79 Å². The molecule has 0 spiro atoms. The highest BCUT2D eigenvalue weighted by atomic mass is 32.1. The number of fused-ring (bicyclic) bond motifs is 2. The Hall–Kier alpha value is -3.75. The fraction of sp³-hybridized carbons (Fsp3) is 0.125. The van der Waals surface area contributed by atoms with E-state index < -0.39 is 11.8 Å². The topological polar surface area (TPSA) is 90.8 Å². The number of aliphatic hydroxyl groups is 1. The van der Waals surface area contributed by atoms with E-state index in [1.54, 1.807) is 36.4 Å². The van der Waals surface area contributed by atoms with E-state index in [2.05, 4.69) is 8.75 Å². The molecule has 3 heterocycles. The predicted octanol–water partition coefficient (Wildman–Crippen LogP) is 3.82. The number of benzene rings is 3. The molecule has 1 aromatic heterocycles. The van der Waals surface area contributed by atoms with E-state index in [1.807, 2.05) is 30.3 Å². The average Bonchev–Trinajstić information content (AvgIpc) is 3.52. The number of nitrogens with zero attached hydrogens (tertiary/aromatic N) is 2. The Balaban J connectivity index is 1.54. The SMILES string of the molecule is O=C1OC(O)(c2ccc3nsnc3c2)C(Cc2ccccc2)=C1c1ccc2c(c1)OCO2. The van der Waals surface area contributed by atoms with Crippen LogP contribution in [0.4, 0.5) is 0 Å². The maximum atomic E-state index is 13.1. The van der Waals surface area contributed by atoms with Crippen molar-refractivity contribution < 1.29 is 24.1 Å². The van der Waals surface area contributed by atoms with Gasteiger partial charge in [-0.2, -0.15) is 8.75 Å². The molecule has 1 unspecified atom stereocenters. The molecule has 32 heavy (non-hydrogen) atoms. The van der Waals surface area contributed by atoms with Crippen molar-refractivity contribution in [3.63, 3.8) is 0 Å². The van der Waals surface area contributed by atoms with Crippen LogP contribution in [0.2, 0.25) is 0 Å². The molecule has 1 atom stereocenters. The van der Waals surface area contributed by atoms with Crippen LogP contribution in [0.3, 0.4) is 0 Å². The van der Waals surface area contributed by atoms with Gasteiger partial charge in [0.25, 0.3) is 5.79 Å². The smallest absolute Gasteiger partial charge is 0.342 e. The summed E-state index contributed by atoms with van der Waals surface area (Å²) in [4.78, 5) is 13.1. The lowest BCUT2D eigenvalue weighted by atomic mass is 9.88. The van der Waals surface area contributed by atoms with E-state index in [1.165, 1.54) is 0 Å². The standard InChI is InChI=1S/C24H16N2O5S/c27-23-22(15-6-9-20-21(11-15)30-13-29-20)17(10-14-4-2-1-3-5-14)24(28,31-23)16-7-8-18-19(12-16)26-32-25-18/h1-9,11-12,28H,10,13H2. The van der Waals surface area contributed by atoms with Gasteiger partial charge in [-0.1, -0.05) is 36.4 Å². The minimum absolute atomic E-state index is 0.130. The number of hydrogen-bond donors (Lipinski definition) is 1. The van der Waals surface area contributed by atoms with Crippen LogP contribution in [-0.2, 0) is 21.7 Å². The van der Waals surface area contributed by atoms with Gasteiger partial charge in [-0.25, -0.2) is 4.79 Å². The van der Waals surface area contributed by atoms with Crippen LogP contribution in [0.5, 0.6) is 11.5 Å². The Morgan fingerprint density at radius 3 is 2.62 bits per heavy atom. The molecule has 0 saturated heterocycles. The number of hydrogen-bond acceptors (Lipinski definition) is 8. The number of aromatic nitrogens is 2. The first kappa shape index (κ1) is 19.0. The molecule has 6 rings (SSSR count). The molecule has 2 aliphatic heterocycles. The van der Waals surface area contributed by atoms with Crippen LogP contribution in [0.25, 0.3) is 16.6 Å². The first-order valence-electron chi connectivity index (χ1n) is 9.98. The van der Waals surface area contributed by atoms with Crippen molar-refractivity contribution in [2.75, 3.05) is 6.79 Å². The molecule has 1 N–H and O–H groups in total. The molecular formula is C24H16N2O5S. The summed E-state index contributed by atoms with van der Waals surface area (Å²) < 4.78 is 25.0. The molecule has 8 heteroatoms. The van der Waals surface area contributed by atoms with E-state index in [9.17, 15) is 9.90 Å². The van der Waals surface area contributed by atoms with Crippen molar-refractivity contribution in [1.82, 2.24) is 8.75 Å². The largest absolute Gasteiger partial charge is 0.454 e. The third-order valence-electron chi connectivity index (χ3n) is 5.69.